The van der Waals surface area contributed by atoms with Crippen molar-refractivity contribution >= 4 is 0 Å². The van der Waals surface area contributed by atoms with Gasteiger partial charge in [-0.1, -0.05) is 46.2 Å². The zero-order chi connectivity index (χ0) is 19.4. The fraction of sp³-hybridized carbons (Fsp3) is 0.760. The van der Waals surface area contributed by atoms with Crippen LogP contribution in [0.5, 0.6) is 5.75 Å². The first-order valence-electron chi connectivity index (χ1n) is 11.4. The molecule has 2 saturated carbocycles. The molecule has 2 heteroatoms. The summed E-state index contributed by atoms with van der Waals surface area (Å²) in [6.07, 6.45) is 8.98. The quantitative estimate of drug-likeness (QED) is 0.427. The average molecular weight is 373 g/mol. The van der Waals surface area contributed by atoms with Gasteiger partial charge in [0.25, 0.3) is 0 Å². The average Bonchev–Trinajstić information content (AvgIpc) is 2.98. The molecule has 0 saturated heterocycles. The summed E-state index contributed by atoms with van der Waals surface area (Å²) in [7, 11) is 0. The molecule has 0 radical (unpaired) electrons. The first-order valence-corrected chi connectivity index (χ1v) is 11.4. The second-order valence-electron chi connectivity index (χ2n) is 9.42. The van der Waals surface area contributed by atoms with Crippen molar-refractivity contribution in [1.29, 1.82) is 0 Å². The maximum absolute atomic E-state index is 6.51. The highest BCUT2D eigenvalue weighted by Crippen LogP contribution is 2.56. The van der Waals surface area contributed by atoms with Gasteiger partial charge in [-0.25, -0.2) is 0 Å². The number of rotatable bonds is 9. The highest BCUT2D eigenvalue weighted by Gasteiger charge is 2.51. The van der Waals surface area contributed by atoms with Gasteiger partial charge in [-0.2, -0.15) is 0 Å². The molecule has 0 amide bonds. The zero-order valence-corrected chi connectivity index (χ0v) is 18.2. The van der Waals surface area contributed by atoms with Gasteiger partial charge in [0.05, 0.1) is 0 Å². The second kappa shape index (κ2) is 8.99. The van der Waals surface area contributed by atoms with Crippen LogP contribution in [-0.2, 0) is 4.74 Å². The molecule has 0 aromatic heterocycles. The molecule has 2 fully saturated rings. The topological polar surface area (TPSA) is 18.5 Å². The van der Waals surface area contributed by atoms with E-state index in [1.807, 2.05) is 0 Å². The molecule has 0 N–H and O–H groups in total. The number of ether oxygens (including phenoxy) is 2. The van der Waals surface area contributed by atoms with Gasteiger partial charge in [-0.15, -0.1) is 0 Å². The van der Waals surface area contributed by atoms with Crippen LogP contribution in [0, 0.1) is 23.2 Å². The third kappa shape index (κ3) is 4.53. The molecule has 0 aliphatic heterocycles. The largest absolute Gasteiger partial charge is 0.464 e. The van der Waals surface area contributed by atoms with Gasteiger partial charge in [0, 0.05) is 12.0 Å². The zero-order valence-electron chi connectivity index (χ0n) is 18.2. The summed E-state index contributed by atoms with van der Waals surface area (Å²) in [5.41, 5.74) is 1.65. The minimum Gasteiger partial charge on any atom is -0.464 e. The van der Waals surface area contributed by atoms with Gasteiger partial charge in [0.2, 0.25) is 6.29 Å². The first kappa shape index (κ1) is 20.7. The second-order valence-corrected chi connectivity index (χ2v) is 9.42. The molecular weight excluding hydrogens is 332 g/mol. The van der Waals surface area contributed by atoms with Gasteiger partial charge < -0.3 is 9.47 Å². The molecule has 152 valence electrons. The Hall–Kier alpha value is -1.02. The molecule has 5 atom stereocenters. The molecule has 0 spiro atoms. The standard InChI is InChI=1S/C25H40O2/c1-6-19-15-20-13-14-25(16-19,17-20)24(26-8-3)27-22-11-9-21(10-12-22)23(7-2)18(4)5/h9-12,18-20,23-24H,6-8,13-17H2,1-5H3. The van der Waals surface area contributed by atoms with Crippen LogP contribution < -0.4 is 4.74 Å². The predicted molar refractivity (Wildman–Crippen MR) is 113 cm³/mol. The summed E-state index contributed by atoms with van der Waals surface area (Å²) in [6.45, 7) is 12.1. The number of hydrogen-bond acceptors (Lipinski definition) is 2. The Morgan fingerprint density at radius 2 is 1.81 bits per heavy atom. The fourth-order valence-corrected chi connectivity index (χ4v) is 5.90. The van der Waals surface area contributed by atoms with Crippen LogP contribution in [0.1, 0.15) is 91.0 Å². The molecule has 2 aliphatic carbocycles. The van der Waals surface area contributed by atoms with E-state index in [-0.39, 0.29) is 11.7 Å². The van der Waals surface area contributed by atoms with Gasteiger partial charge in [0.1, 0.15) is 5.75 Å². The van der Waals surface area contributed by atoms with Crippen molar-refractivity contribution < 1.29 is 9.47 Å². The van der Waals surface area contributed by atoms with Crippen molar-refractivity contribution in [2.75, 3.05) is 6.61 Å². The van der Waals surface area contributed by atoms with E-state index in [2.05, 4.69) is 58.9 Å². The number of fused-ring (bicyclic) bond motifs is 2. The van der Waals surface area contributed by atoms with E-state index in [9.17, 15) is 0 Å². The lowest BCUT2D eigenvalue weighted by molar-refractivity contribution is -0.166. The number of benzene rings is 1. The third-order valence-electron chi connectivity index (χ3n) is 7.30. The predicted octanol–water partition coefficient (Wildman–Crippen LogP) is 7.18. The van der Waals surface area contributed by atoms with Crippen molar-refractivity contribution in [3.05, 3.63) is 29.8 Å². The Bertz CT molecular complexity index is 578. The Morgan fingerprint density at radius 1 is 1.07 bits per heavy atom. The van der Waals surface area contributed by atoms with E-state index in [0.29, 0.717) is 11.8 Å². The molecule has 3 rings (SSSR count). The summed E-state index contributed by atoms with van der Waals surface area (Å²) < 4.78 is 12.7. The van der Waals surface area contributed by atoms with Crippen LogP contribution in [0.4, 0.5) is 0 Å². The molecule has 1 aromatic carbocycles. The van der Waals surface area contributed by atoms with E-state index < -0.39 is 0 Å². The lowest BCUT2D eigenvalue weighted by Crippen LogP contribution is -2.43. The molecule has 27 heavy (non-hydrogen) atoms. The van der Waals surface area contributed by atoms with Crippen LogP contribution in [0.15, 0.2) is 24.3 Å². The van der Waals surface area contributed by atoms with E-state index in [1.54, 1.807) is 0 Å². The van der Waals surface area contributed by atoms with Gasteiger partial charge in [-0.05, 0) is 86.8 Å². The van der Waals surface area contributed by atoms with Crippen molar-refractivity contribution in [3.8, 4) is 5.75 Å². The van der Waals surface area contributed by atoms with E-state index in [0.717, 1.165) is 24.2 Å². The summed E-state index contributed by atoms with van der Waals surface area (Å²) in [4.78, 5) is 0. The minimum atomic E-state index is -0.0974. The van der Waals surface area contributed by atoms with Crippen LogP contribution >= 0.6 is 0 Å². The highest BCUT2D eigenvalue weighted by molar-refractivity contribution is 5.30. The smallest absolute Gasteiger partial charge is 0.205 e. The van der Waals surface area contributed by atoms with Crippen molar-refractivity contribution in [2.24, 2.45) is 23.2 Å². The lowest BCUT2D eigenvalue weighted by atomic mass is 9.69. The van der Waals surface area contributed by atoms with Crippen molar-refractivity contribution in [3.63, 3.8) is 0 Å². The Labute approximate surface area is 167 Å². The normalized spacial score (nSPS) is 29.7. The molecular formula is C25H40O2. The first-order chi connectivity index (χ1) is 13.0. The Morgan fingerprint density at radius 3 is 2.41 bits per heavy atom. The summed E-state index contributed by atoms with van der Waals surface area (Å²) in [5, 5.41) is 0. The minimum absolute atomic E-state index is 0.0974. The van der Waals surface area contributed by atoms with E-state index in [4.69, 9.17) is 9.47 Å². The molecule has 2 bridgehead atoms. The number of hydrogen-bond donors (Lipinski definition) is 0. The van der Waals surface area contributed by atoms with E-state index in [1.165, 1.54) is 50.5 Å². The summed E-state index contributed by atoms with van der Waals surface area (Å²) in [6, 6.07) is 8.85. The Balaban J connectivity index is 1.75. The Kier molecular flexibility index (Phi) is 6.89. The maximum atomic E-state index is 6.51. The SMILES string of the molecule is CCOC(Oc1ccc(C(CC)C(C)C)cc1)C12CCC(CC(CC)C1)C2. The maximum Gasteiger partial charge on any atom is 0.205 e. The third-order valence-corrected chi connectivity index (χ3v) is 7.30. The summed E-state index contributed by atoms with van der Waals surface area (Å²) >= 11 is 0. The molecule has 1 aromatic rings. The van der Waals surface area contributed by atoms with E-state index >= 15 is 0 Å². The van der Waals surface area contributed by atoms with Crippen LogP contribution in [0.2, 0.25) is 0 Å². The monoisotopic (exact) mass is 372 g/mol. The van der Waals surface area contributed by atoms with Crippen LogP contribution in [0.25, 0.3) is 0 Å². The van der Waals surface area contributed by atoms with Gasteiger partial charge >= 0.3 is 0 Å². The van der Waals surface area contributed by atoms with Gasteiger partial charge in [0.15, 0.2) is 0 Å². The molecule has 5 unspecified atom stereocenters. The van der Waals surface area contributed by atoms with Crippen LogP contribution in [-0.4, -0.2) is 12.9 Å². The van der Waals surface area contributed by atoms with Gasteiger partial charge in [-0.3, -0.25) is 0 Å². The van der Waals surface area contributed by atoms with Crippen LogP contribution in [0.3, 0.4) is 0 Å². The van der Waals surface area contributed by atoms with Crippen molar-refractivity contribution in [2.45, 2.75) is 91.8 Å². The summed E-state index contributed by atoms with van der Waals surface area (Å²) in [5.74, 6) is 3.98. The molecule has 2 aliphatic rings. The highest BCUT2D eigenvalue weighted by atomic mass is 16.7. The molecule has 0 heterocycles. The van der Waals surface area contributed by atoms with Crippen molar-refractivity contribution in [1.82, 2.24) is 0 Å². The fourth-order valence-electron chi connectivity index (χ4n) is 5.90. The lowest BCUT2D eigenvalue weighted by Gasteiger charge is -2.42. The molecule has 2 nitrogen and oxygen atoms in total.